The van der Waals surface area contributed by atoms with Gasteiger partial charge in [0.25, 0.3) is 0 Å². The van der Waals surface area contributed by atoms with Crippen LogP contribution in [-0.2, 0) is 0 Å². The normalized spacial score (nSPS) is 12.7. The minimum atomic E-state index is 0.305. The van der Waals surface area contributed by atoms with Gasteiger partial charge in [0, 0.05) is 6.04 Å². The molecule has 0 aliphatic heterocycles. The van der Waals surface area contributed by atoms with Gasteiger partial charge in [-0.2, -0.15) is 11.8 Å². The Morgan fingerprint density at radius 2 is 2.27 bits per heavy atom. The van der Waals surface area contributed by atoms with Crippen molar-refractivity contribution >= 4 is 11.8 Å². The minimum absolute atomic E-state index is 0.305. The topological polar surface area (TPSA) is 32.3 Å². The molecule has 0 saturated carbocycles. The van der Waals surface area contributed by atoms with E-state index in [0.29, 0.717) is 11.8 Å². The number of phenols is 1. The Bertz CT molecular complexity index is 291. The van der Waals surface area contributed by atoms with Gasteiger partial charge in [-0.15, -0.1) is 0 Å². The number of nitrogens with one attached hydrogen (secondary N) is 1. The minimum Gasteiger partial charge on any atom is -0.508 e. The third kappa shape index (κ3) is 4.58. The molecule has 0 saturated heterocycles. The molecular formula is C12H19NOS. The SMILES string of the molecule is CSCCCNC(C)c1cccc(O)c1. The zero-order chi connectivity index (χ0) is 11.1. The van der Waals surface area contributed by atoms with E-state index in [0.717, 1.165) is 12.1 Å². The van der Waals surface area contributed by atoms with Gasteiger partial charge in [0.2, 0.25) is 0 Å². The first-order valence-electron chi connectivity index (χ1n) is 5.25. The van der Waals surface area contributed by atoms with E-state index in [4.69, 9.17) is 0 Å². The summed E-state index contributed by atoms with van der Waals surface area (Å²) < 4.78 is 0. The van der Waals surface area contributed by atoms with Crippen LogP contribution in [0.3, 0.4) is 0 Å². The number of phenolic OH excluding ortho intramolecular Hbond substituents is 1. The van der Waals surface area contributed by atoms with E-state index in [1.807, 2.05) is 30.0 Å². The summed E-state index contributed by atoms with van der Waals surface area (Å²) in [5.74, 6) is 1.53. The molecule has 0 bridgehead atoms. The van der Waals surface area contributed by atoms with E-state index in [1.165, 1.54) is 12.2 Å². The first-order chi connectivity index (χ1) is 7.24. The zero-order valence-electron chi connectivity index (χ0n) is 9.36. The van der Waals surface area contributed by atoms with Crippen molar-refractivity contribution in [3.8, 4) is 5.75 Å². The highest BCUT2D eigenvalue weighted by Crippen LogP contribution is 2.17. The maximum Gasteiger partial charge on any atom is 0.115 e. The Kier molecular flexibility index (Phi) is 5.58. The van der Waals surface area contributed by atoms with Crippen molar-refractivity contribution in [1.29, 1.82) is 0 Å². The summed E-state index contributed by atoms with van der Waals surface area (Å²) in [6.07, 6.45) is 3.31. The summed E-state index contributed by atoms with van der Waals surface area (Å²) in [6.45, 7) is 3.14. The van der Waals surface area contributed by atoms with Crippen LogP contribution >= 0.6 is 11.8 Å². The summed E-state index contributed by atoms with van der Waals surface area (Å²) in [5, 5.41) is 12.8. The number of thioether (sulfide) groups is 1. The van der Waals surface area contributed by atoms with Crippen LogP contribution in [0.4, 0.5) is 0 Å². The molecule has 1 aromatic rings. The molecule has 0 heterocycles. The van der Waals surface area contributed by atoms with Gasteiger partial charge in [-0.05, 0) is 49.6 Å². The van der Waals surface area contributed by atoms with Crippen LogP contribution in [0.25, 0.3) is 0 Å². The molecule has 0 radical (unpaired) electrons. The van der Waals surface area contributed by atoms with E-state index in [9.17, 15) is 5.11 Å². The Morgan fingerprint density at radius 1 is 1.47 bits per heavy atom. The molecule has 2 nitrogen and oxygen atoms in total. The number of rotatable bonds is 6. The highest BCUT2D eigenvalue weighted by Gasteiger charge is 2.04. The maximum absolute atomic E-state index is 9.34. The molecule has 0 fully saturated rings. The number of benzene rings is 1. The molecule has 1 rings (SSSR count). The van der Waals surface area contributed by atoms with Crippen LogP contribution in [0.5, 0.6) is 5.75 Å². The summed E-state index contributed by atoms with van der Waals surface area (Å²) in [7, 11) is 0. The molecule has 2 N–H and O–H groups in total. The molecule has 84 valence electrons. The predicted molar refractivity (Wildman–Crippen MR) is 67.5 cm³/mol. The van der Waals surface area contributed by atoms with Gasteiger partial charge in [0.15, 0.2) is 0 Å². The van der Waals surface area contributed by atoms with Gasteiger partial charge in [-0.25, -0.2) is 0 Å². The number of aromatic hydroxyl groups is 1. The monoisotopic (exact) mass is 225 g/mol. The average molecular weight is 225 g/mol. The molecule has 3 heteroatoms. The van der Waals surface area contributed by atoms with Crippen LogP contribution in [0.1, 0.15) is 24.9 Å². The van der Waals surface area contributed by atoms with E-state index >= 15 is 0 Å². The second-order valence-corrected chi connectivity index (χ2v) is 4.60. The Morgan fingerprint density at radius 3 is 2.93 bits per heavy atom. The maximum atomic E-state index is 9.34. The smallest absolute Gasteiger partial charge is 0.115 e. The van der Waals surface area contributed by atoms with Gasteiger partial charge in [-0.1, -0.05) is 12.1 Å². The molecule has 0 amide bonds. The molecule has 0 spiro atoms. The lowest BCUT2D eigenvalue weighted by Crippen LogP contribution is -2.20. The van der Waals surface area contributed by atoms with Crippen LogP contribution in [-0.4, -0.2) is 23.7 Å². The Hall–Kier alpha value is -0.670. The molecule has 0 aliphatic rings. The van der Waals surface area contributed by atoms with Crippen molar-refractivity contribution in [2.75, 3.05) is 18.6 Å². The van der Waals surface area contributed by atoms with Crippen LogP contribution in [0, 0.1) is 0 Å². The fourth-order valence-corrected chi connectivity index (χ4v) is 1.88. The Labute approximate surface area is 96.1 Å². The first kappa shape index (κ1) is 12.4. The third-order valence-electron chi connectivity index (χ3n) is 2.35. The quantitative estimate of drug-likeness (QED) is 0.730. The number of hydrogen-bond acceptors (Lipinski definition) is 3. The van der Waals surface area contributed by atoms with Crippen molar-refractivity contribution < 1.29 is 5.11 Å². The molecule has 1 unspecified atom stereocenters. The summed E-state index contributed by atoms with van der Waals surface area (Å²) in [6, 6.07) is 7.73. The largest absolute Gasteiger partial charge is 0.508 e. The standard InChI is InChI=1S/C12H19NOS/c1-10(13-7-4-8-15-2)11-5-3-6-12(14)9-11/h3,5-6,9-10,13-14H,4,7-8H2,1-2H3. The predicted octanol–water partition coefficient (Wildman–Crippen LogP) is 2.80. The highest BCUT2D eigenvalue weighted by atomic mass is 32.2. The lowest BCUT2D eigenvalue weighted by atomic mass is 10.1. The lowest BCUT2D eigenvalue weighted by molar-refractivity contribution is 0.472. The van der Waals surface area contributed by atoms with Gasteiger partial charge in [-0.3, -0.25) is 0 Å². The van der Waals surface area contributed by atoms with Crippen molar-refractivity contribution in [2.45, 2.75) is 19.4 Å². The van der Waals surface area contributed by atoms with Crippen LogP contribution in [0.2, 0.25) is 0 Å². The fraction of sp³-hybridized carbons (Fsp3) is 0.500. The summed E-state index contributed by atoms with van der Waals surface area (Å²) >= 11 is 1.87. The number of hydrogen-bond donors (Lipinski definition) is 2. The summed E-state index contributed by atoms with van der Waals surface area (Å²) in [5.41, 5.74) is 1.14. The second-order valence-electron chi connectivity index (χ2n) is 3.62. The van der Waals surface area contributed by atoms with Gasteiger partial charge in [0.1, 0.15) is 5.75 Å². The average Bonchev–Trinajstić information content (AvgIpc) is 2.24. The second kappa shape index (κ2) is 6.75. The van der Waals surface area contributed by atoms with E-state index in [1.54, 1.807) is 6.07 Å². The van der Waals surface area contributed by atoms with Crippen molar-refractivity contribution in [3.63, 3.8) is 0 Å². The fourth-order valence-electron chi connectivity index (χ4n) is 1.45. The third-order valence-corrected chi connectivity index (χ3v) is 3.04. The van der Waals surface area contributed by atoms with Gasteiger partial charge < -0.3 is 10.4 Å². The van der Waals surface area contributed by atoms with Crippen molar-refractivity contribution in [2.24, 2.45) is 0 Å². The molecule has 1 aromatic carbocycles. The van der Waals surface area contributed by atoms with E-state index in [2.05, 4.69) is 18.5 Å². The molecule has 1 atom stereocenters. The van der Waals surface area contributed by atoms with Gasteiger partial charge >= 0.3 is 0 Å². The molecule has 0 aromatic heterocycles. The van der Waals surface area contributed by atoms with Crippen molar-refractivity contribution in [3.05, 3.63) is 29.8 Å². The van der Waals surface area contributed by atoms with Gasteiger partial charge in [0.05, 0.1) is 0 Å². The van der Waals surface area contributed by atoms with Crippen LogP contribution < -0.4 is 5.32 Å². The Balaban J connectivity index is 2.36. The summed E-state index contributed by atoms with van der Waals surface area (Å²) in [4.78, 5) is 0. The zero-order valence-corrected chi connectivity index (χ0v) is 10.2. The lowest BCUT2D eigenvalue weighted by Gasteiger charge is -2.14. The molecule has 0 aliphatic carbocycles. The van der Waals surface area contributed by atoms with E-state index < -0.39 is 0 Å². The molecule has 15 heavy (non-hydrogen) atoms. The molecular weight excluding hydrogens is 206 g/mol. The van der Waals surface area contributed by atoms with Crippen LogP contribution in [0.15, 0.2) is 24.3 Å². The van der Waals surface area contributed by atoms with E-state index in [-0.39, 0.29) is 0 Å². The highest BCUT2D eigenvalue weighted by molar-refractivity contribution is 7.98. The first-order valence-corrected chi connectivity index (χ1v) is 6.64. The van der Waals surface area contributed by atoms with Crippen molar-refractivity contribution in [1.82, 2.24) is 5.32 Å².